The molecule has 1 aliphatic rings. The number of nitrogens with zero attached hydrogens (tertiary/aromatic N) is 2. The van der Waals surface area contributed by atoms with Crippen LogP contribution in [0, 0.1) is 5.92 Å². The van der Waals surface area contributed by atoms with Gasteiger partial charge in [0.2, 0.25) is 0 Å². The molecule has 1 aromatic heterocycles. The molecule has 2 heterocycles. The summed E-state index contributed by atoms with van der Waals surface area (Å²) in [5.41, 5.74) is 1.27. The molecule has 0 spiro atoms. The number of thiazole rings is 1. The fourth-order valence-corrected chi connectivity index (χ4v) is 3.25. The molecule has 2 rings (SSSR count). The van der Waals surface area contributed by atoms with Crippen molar-refractivity contribution in [3.05, 3.63) is 16.1 Å². The van der Waals surface area contributed by atoms with Crippen LogP contribution < -0.4 is 5.32 Å². The third-order valence-electron chi connectivity index (χ3n) is 3.68. The lowest BCUT2D eigenvalue weighted by Gasteiger charge is -2.31. The Hall–Kier alpha value is -0.450. The molecule has 18 heavy (non-hydrogen) atoms. The van der Waals surface area contributed by atoms with Crippen molar-refractivity contribution < 1.29 is 0 Å². The number of piperidine rings is 1. The molecule has 0 amide bonds. The zero-order chi connectivity index (χ0) is 12.8. The van der Waals surface area contributed by atoms with Crippen LogP contribution >= 0.6 is 11.3 Å². The molecule has 102 valence electrons. The standard InChI is InChI=1S/C14H25N3S/c1-3-14-16-13(11-18-14)10-17-7-5-12(6-8-17)9-15-4-2/h11-12,15H,3-10H2,1-2H3. The van der Waals surface area contributed by atoms with Gasteiger partial charge in [0.05, 0.1) is 10.7 Å². The summed E-state index contributed by atoms with van der Waals surface area (Å²) in [6.07, 6.45) is 3.73. The molecule has 0 aliphatic carbocycles. The van der Waals surface area contributed by atoms with Gasteiger partial charge in [-0.15, -0.1) is 11.3 Å². The molecule has 1 fully saturated rings. The first kappa shape index (κ1) is 14.0. The highest BCUT2D eigenvalue weighted by molar-refractivity contribution is 7.09. The van der Waals surface area contributed by atoms with E-state index in [0.29, 0.717) is 0 Å². The van der Waals surface area contributed by atoms with Crippen LogP contribution in [0.1, 0.15) is 37.4 Å². The van der Waals surface area contributed by atoms with Crippen LogP contribution in [0.15, 0.2) is 5.38 Å². The molecule has 0 bridgehead atoms. The summed E-state index contributed by atoms with van der Waals surface area (Å²) in [4.78, 5) is 7.21. The summed E-state index contributed by atoms with van der Waals surface area (Å²) in [6, 6.07) is 0. The van der Waals surface area contributed by atoms with E-state index in [-0.39, 0.29) is 0 Å². The second kappa shape index (κ2) is 7.22. The number of aryl methyl sites for hydroxylation is 1. The number of rotatable bonds is 6. The molecule has 0 atom stereocenters. The summed E-state index contributed by atoms with van der Waals surface area (Å²) >= 11 is 1.80. The van der Waals surface area contributed by atoms with Crippen molar-refractivity contribution >= 4 is 11.3 Å². The molecule has 0 aromatic carbocycles. The zero-order valence-corrected chi connectivity index (χ0v) is 12.4. The van der Waals surface area contributed by atoms with E-state index in [1.165, 1.54) is 43.2 Å². The van der Waals surface area contributed by atoms with Crippen molar-refractivity contribution in [2.75, 3.05) is 26.2 Å². The normalized spacial score (nSPS) is 18.3. The van der Waals surface area contributed by atoms with Crippen molar-refractivity contribution in [2.45, 2.75) is 39.7 Å². The van der Waals surface area contributed by atoms with Gasteiger partial charge in [0, 0.05) is 11.9 Å². The lowest BCUT2D eigenvalue weighted by molar-refractivity contribution is 0.174. The Balaban J connectivity index is 1.73. The van der Waals surface area contributed by atoms with Crippen LogP contribution in [0.2, 0.25) is 0 Å². The molecule has 1 aliphatic heterocycles. The topological polar surface area (TPSA) is 28.2 Å². The van der Waals surface area contributed by atoms with E-state index in [9.17, 15) is 0 Å². The number of likely N-dealkylation sites (tertiary alicyclic amines) is 1. The highest BCUT2D eigenvalue weighted by Gasteiger charge is 2.19. The number of hydrogen-bond acceptors (Lipinski definition) is 4. The molecule has 0 unspecified atom stereocenters. The maximum Gasteiger partial charge on any atom is 0.0926 e. The molecule has 0 radical (unpaired) electrons. The minimum absolute atomic E-state index is 0.878. The minimum atomic E-state index is 0.878. The van der Waals surface area contributed by atoms with E-state index in [4.69, 9.17) is 0 Å². The monoisotopic (exact) mass is 267 g/mol. The largest absolute Gasteiger partial charge is 0.317 e. The summed E-state index contributed by atoms with van der Waals surface area (Å²) in [5.74, 6) is 0.878. The van der Waals surface area contributed by atoms with Gasteiger partial charge in [0.25, 0.3) is 0 Å². The predicted octanol–water partition coefficient (Wildman–Crippen LogP) is 2.53. The molecule has 4 heteroatoms. The van der Waals surface area contributed by atoms with E-state index < -0.39 is 0 Å². The van der Waals surface area contributed by atoms with Crippen molar-refractivity contribution in [1.82, 2.24) is 15.2 Å². The molecule has 0 saturated carbocycles. The predicted molar refractivity (Wildman–Crippen MR) is 78.0 cm³/mol. The van der Waals surface area contributed by atoms with Crippen molar-refractivity contribution in [2.24, 2.45) is 5.92 Å². The summed E-state index contributed by atoms with van der Waals surface area (Å²) in [7, 11) is 0. The molecule has 1 aromatic rings. The van der Waals surface area contributed by atoms with E-state index in [0.717, 1.165) is 25.4 Å². The molecule has 1 N–H and O–H groups in total. The number of nitrogens with one attached hydrogen (secondary N) is 1. The first-order valence-electron chi connectivity index (χ1n) is 7.18. The van der Waals surface area contributed by atoms with Crippen LogP contribution in [0.5, 0.6) is 0 Å². The minimum Gasteiger partial charge on any atom is -0.317 e. The summed E-state index contributed by atoms with van der Waals surface area (Å²) in [5, 5.41) is 6.96. The van der Waals surface area contributed by atoms with Gasteiger partial charge in [-0.25, -0.2) is 4.98 Å². The van der Waals surface area contributed by atoms with E-state index in [2.05, 4.69) is 34.4 Å². The van der Waals surface area contributed by atoms with Crippen molar-refractivity contribution in [3.8, 4) is 0 Å². The lowest BCUT2D eigenvalue weighted by atomic mass is 9.97. The number of aromatic nitrogens is 1. The first-order chi connectivity index (χ1) is 8.81. The Labute approximate surface area is 115 Å². The molecule has 3 nitrogen and oxygen atoms in total. The SMILES string of the molecule is CCNCC1CCN(Cc2csc(CC)n2)CC1. The average molecular weight is 267 g/mol. The van der Waals surface area contributed by atoms with Crippen LogP contribution in [0.3, 0.4) is 0 Å². The molecular weight excluding hydrogens is 242 g/mol. The Morgan fingerprint density at radius 1 is 1.39 bits per heavy atom. The van der Waals surface area contributed by atoms with Crippen LogP contribution in [-0.4, -0.2) is 36.1 Å². The number of hydrogen-bond donors (Lipinski definition) is 1. The van der Waals surface area contributed by atoms with Crippen LogP contribution in [-0.2, 0) is 13.0 Å². The Morgan fingerprint density at radius 3 is 2.78 bits per heavy atom. The van der Waals surface area contributed by atoms with Crippen LogP contribution in [0.4, 0.5) is 0 Å². The lowest BCUT2D eigenvalue weighted by Crippen LogP contribution is -2.36. The third kappa shape index (κ3) is 4.04. The van der Waals surface area contributed by atoms with Gasteiger partial charge in [-0.2, -0.15) is 0 Å². The van der Waals surface area contributed by atoms with Crippen LogP contribution in [0.25, 0.3) is 0 Å². The van der Waals surface area contributed by atoms with Gasteiger partial charge in [0.15, 0.2) is 0 Å². The fraction of sp³-hybridized carbons (Fsp3) is 0.786. The van der Waals surface area contributed by atoms with Gasteiger partial charge in [-0.3, -0.25) is 4.90 Å². The Bertz CT molecular complexity index is 343. The van der Waals surface area contributed by atoms with Crippen molar-refractivity contribution in [1.29, 1.82) is 0 Å². The second-order valence-corrected chi connectivity index (χ2v) is 6.06. The van der Waals surface area contributed by atoms with Gasteiger partial charge in [-0.1, -0.05) is 13.8 Å². The smallest absolute Gasteiger partial charge is 0.0926 e. The van der Waals surface area contributed by atoms with Gasteiger partial charge < -0.3 is 5.32 Å². The third-order valence-corrected chi connectivity index (χ3v) is 4.72. The average Bonchev–Trinajstić information content (AvgIpc) is 2.86. The summed E-state index contributed by atoms with van der Waals surface area (Å²) < 4.78 is 0. The fourth-order valence-electron chi connectivity index (χ4n) is 2.51. The Morgan fingerprint density at radius 2 is 2.17 bits per heavy atom. The second-order valence-electron chi connectivity index (χ2n) is 5.11. The van der Waals surface area contributed by atoms with E-state index in [1.54, 1.807) is 11.3 Å². The van der Waals surface area contributed by atoms with Crippen molar-refractivity contribution in [3.63, 3.8) is 0 Å². The van der Waals surface area contributed by atoms with Gasteiger partial charge in [0.1, 0.15) is 0 Å². The van der Waals surface area contributed by atoms with E-state index >= 15 is 0 Å². The molecule has 1 saturated heterocycles. The zero-order valence-electron chi connectivity index (χ0n) is 11.6. The highest BCUT2D eigenvalue weighted by Crippen LogP contribution is 2.19. The maximum atomic E-state index is 4.66. The highest BCUT2D eigenvalue weighted by atomic mass is 32.1. The first-order valence-corrected chi connectivity index (χ1v) is 8.06. The summed E-state index contributed by atoms with van der Waals surface area (Å²) in [6.45, 7) is 10.2. The van der Waals surface area contributed by atoms with Gasteiger partial charge in [-0.05, 0) is 51.4 Å². The van der Waals surface area contributed by atoms with Gasteiger partial charge >= 0.3 is 0 Å². The van der Waals surface area contributed by atoms with E-state index in [1.807, 2.05) is 0 Å². The quantitative estimate of drug-likeness (QED) is 0.858. The maximum absolute atomic E-state index is 4.66. The molecular formula is C14H25N3S. The Kier molecular flexibility index (Phi) is 5.60.